The highest BCUT2D eigenvalue weighted by atomic mass is 16.6. The fourth-order valence-electron chi connectivity index (χ4n) is 4.58. The van der Waals surface area contributed by atoms with E-state index in [2.05, 4.69) is 31.8 Å². The molecule has 2 atom stereocenters. The minimum absolute atomic E-state index is 0.297. The van der Waals surface area contributed by atoms with Crippen LogP contribution >= 0.6 is 0 Å². The average molecular weight is 448 g/mol. The van der Waals surface area contributed by atoms with E-state index in [9.17, 15) is 5.21 Å². The van der Waals surface area contributed by atoms with Gasteiger partial charge in [0.15, 0.2) is 11.7 Å². The summed E-state index contributed by atoms with van der Waals surface area (Å²) in [4.78, 5) is 8.48. The number of hydrogen-bond acceptors (Lipinski definition) is 4. The second-order valence-corrected chi connectivity index (χ2v) is 9.10. The van der Waals surface area contributed by atoms with Crippen molar-refractivity contribution in [3.05, 3.63) is 82.5 Å². The normalized spacial score (nSPS) is 20.9. The highest BCUT2D eigenvalue weighted by Gasteiger charge is 2.43. The van der Waals surface area contributed by atoms with Crippen LogP contribution < -0.4 is 0 Å². The van der Waals surface area contributed by atoms with E-state index in [1.165, 1.54) is 0 Å². The largest absolute Gasteiger partial charge is 0.625 e. The van der Waals surface area contributed by atoms with Crippen LogP contribution in [0.15, 0.2) is 65.5 Å². The van der Waals surface area contributed by atoms with Crippen LogP contribution in [0.25, 0.3) is 16.6 Å². The van der Waals surface area contributed by atoms with Crippen molar-refractivity contribution in [1.29, 1.82) is 0 Å². The zero-order valence-corrected chi connectivity index (χ0v) is 20.1. The first-order valence-corrected chi connectivity index (χ1v) is 11.6. The molecule has 0 bridgehead atoms. The predicted octanol–water partition coefficient (Wildman–Crippen LogP) is 5.99. The predicted molar refractivity (Wildman–Crippen MR) is 133 cm³/mol. The first-order valence-electron chi connectivity index (χ1n) is 11.6. The van der Waals surface area contributed by atoms with Crippen molar-refractivity contribution in [3.8, 4) is 0 Å². The molecule has 0 aliphatic carbocycles. The third-order valence-electron chi connectivity index (χ3n) is 6.20. The van der Waals surface area contributed by atoms with Gasteiger partial charge >= 0.3 is 5.88 Å². The van der Waals surface area contributed by atoms with Gasteiger partial charge in [0.05, 0.1) is 14.2 Å². The number of para-hydroxylation sites is 1. The Hall–Kier alpha value is -3.09. The second kappa shape index (κ2) is 9.41. The number of aryl methyl sites for hydroxylation is 1. The van der Waals surface area contributed by atoms with Crippen LogP contribution in [0.5, 0.6) is 0 Å². The van der Waals surface area contributed by atoms with Crippen LogP contribution in [0.1, 0.15) is 44.0 Å². The Morgan fingerprint density at radius 1 is 1.09 bits per heavy atom. The quantitative estimate of drug-likeness (QED) is 0.357. The molecule has 0 fully saturated rings. The molecular weight excluding hydrogens is 414 g/mol. The van der Waals surface area contributed by atoms with Crippen LogP contribution in [0, 0.1) is 11.1 Å². The second-order valence-electron chi connectivity index (χ2n) is 9.10. The molecule has 0 amide bonds. The topological polar surface area (TPSA) is 69.7 Å². The molecule has 0 spiro atoms. The fraction of sp³-hybridized carbons (Fsp3) is 0.370. The molecular formula is C27H33N3O3. The van der Waals surface area contributed by atoms with Crippen molar-refractivity contribution in [3.63, 3.8) is 0 Å². The molecule has 174 valence electrons. The summed E-state index contributed by atoms with van der Waals surface area (Å²) in [5.74, 6) is 1.08. The van der Waals surface area contributed by atoms with Gasteiger partial charge in [-0.15, -0.1) is 0 Å². The van der Waals surface area contributed by atoms with Gasteiger partial charge in [-0.2, -0.15) is 0 Å². The minimum Gasteiger partial charge on any atom is -0.625 e. The van der Waals surface area contributed by atoms with Crippen LogP contribution in [-0.4, -0.2) is 35.7 Å². The molecule has 33 heavy (non-hydrogen) atoms. The van der Waals surface area contributed by atoms with E-state index in [4.69, 9.17) is 14.5 Å². The Bertz CT molecular complexity index is 1180. The molecule has 3 aromatic rings. The summed E-state index contributed by atoms with van der Waals surface area (Å²) in [6, 6.07) is 17.6. The van der Waals surface area contributed by atoms with E-state index in [1.807, 2.05) is 48.5 Å². The SMILES string of the molecule is CCc1[nH]c2ccccc2c1C1=C(OC)[N+](C)([O-])C(CC(C)C)C(OCc2ccccc2)=N1. The van der Waals surface area contributed by atoms with Crippen LogP contribution in [-0.2, 0) is 22.5 Å². The van der Waals surface area contributed by atoms with Gasteiger partial charge < -0.3 is 19.7 Å². The summed E-state index contributed by atoms with van der Waals surface area (Å²) in [7, 11) is 3.20. The maximum absolute atomic E-state index is 14.2. The number of aromatic nitrogens is 1. The molecule has 0 radical (unpaired) electrons. The molecule has 2 aromatic carbocycles. The third-order valence-corrected chi connectivity index (χ3v) is 6.20. The van der Waals surface area contributed by atoms with Crippen molar-refractivity contribution in [2.24, 2.45) is 10.9 Å². The van der Waals surface area contributed by atoms with Crippen molar-refractivity contribution in [2.45, 2.75) is 46.3 Å². The molecule has 0 saturated heterocycles. The van der Waals surface area contributed by atoms with Gasteiger partial charge in [0.2, 0.25) is 0 Å². The summed E-state index contributed by atoms with van der Waals surface area (Å²) < 4.78 is 11.3. The fourth-order valence-corrected chi connectivity index (χ4v) is 4.58. The number of likely N-dealkylation sites (N-methyl/N-ethyl adjacent to an activating group) is 1. The number of benzene rings is 2. The molecule has 1 aromatic heterocycles. The van der Waals surface area contributed by atoms with Gasteiger partial charge in [0.25, 0.3) is 5.90 Å². The molecule has 4 rings (SSSR count). The summed E-state index contributed by atoms with van der Waals surface area (Å²) in [5, 5.41) is 15.2. The Morgan fingerprint density at radius 2 is 1.79 bits per heavy atom. The van der Waals surface area contributed by atoms with E-state index in [0.29, 0.717) is 36.4 Å². The number of fused-ring (bicyclic) bond motifs is 1. The lowest BCUT2D eigenvalue weighted by atomic mass is 9.99. The van der Waals surface area contributed by atoms with Crippen molar-refractivity contribution >= 4 is 22.5 Å². The van der Waals surface area contributed by atoms with E-state index in [1.54, 1.807) is 14.2 Å². The lowest BCUT2D eigenvalue weighted by Gasteiger charge is -2.47. The molecule has 2 unspecified atom stereocenters. The summed E-state index contributed by atoms with van der Waals surface area (Å²) in [6.45, 7) is 6.66. The van der Waals surface area contributed by atoms with Gasteiger partial charge in [-0.05, 0) is 24.0 Å². The molecule has 1 aliphatic rings. The number of nitrogens with zero attached hydrogens (tertiary/aromatic N) is 2. The smallest absolute Gasteiger partial charge is 0.319 e. The standard InChI is InChI=1S/C27H33N3O3/c1-6-21-24(20-14-10-11-15-22(20)28-21)25-27(32-5)30(4,31)23(16-18(2)3)26(29-25)33-17-19-12-8-7-9-13-19/h7-15,18,23,28H,6,16-17H2,1-5H3. The van der Waals surface area contributed by atoms with Gasteiger partial charge in [-0.1, -0.05) is 69.3 Å². The number of nitrogens with one attached hydrogen (secondary N) is 1. The number of ether oxygens (including phenoxy) is 2. The van der Waals surface area contributed by atoms with E-state index in [-0.39, 0.29) is 0 Å². The number of hydroxylamine groups is 3. The van der Waals surface area contributed by atoms with Gasteiger partial charge in [-0.3, -0.25) is 4.65 Å². The van der Waals surface area contributed by atoms with Gasteiger partial charge in [-0.25, -0.2) is 4.99 Å². The molecule has 0 saturated carbocycles. The number of H-pyrrole nitrogens is 1. The van der Waals surface area contributed by atoms with Crippen LogP contribution in [0.4, 0.5) is 0 Å². The maximum Gasteiger partial charge on any atom is 0.319 e. The van der Waals surface area contributed by atoms with Gasteiger partial charge in [0.1, 0.15) is 6.61 Å². The van der Waals surface area contributed by atoms with E-state index in [0.717, 1.165) is 34.1 Å². The molecule has 6 heteroatoms. The highest BCUT2D eigenvalue weighted by molar-refractivity contribution is 5.98. The molecule has 1 N–H and O–H groups in total. The van der Waals surface area contributed by atoms with E-state index < -0.39 is 10.7 Å². The number of aromatic amines is 1. The minimum atomic E-state index is -0.694. The summed E-state index contributed by atoms with van der Waals surface area (Å²) in [5.41, 5.74) is 4.53. The average Bonchev–Trinajstić information content (AvgIpc) is 3.18. The van der Waals surface area contributed by atoms with Crippen molar-refractivity contribution in [1.82, 2.24) is 4.98 Å². The lowest BCUT2D eigenvalue weighted by molar-refractivity contribution is -0.855. The monoisotopic (exact) mass is 447 g/mol. The van der Waals surface area contributed by atoms with E-state index >= 15 is 0 Å². The zero-order chi connectivity index (χ0) is 23.6. The van der Waals surface area contributed by atoms with Crippen molar-refractivity contribution < 1.29 is 14.1 Å². The molecule has 1 aliphatic heterocycles. The first kappa shape index (κ1) is 23.1. The zero-order valence-electron chi connectivity index (χ0n) is 20.1. The number of aliphatic imine (C=N–C) groups is 1. The Morgan fingerprint density at radius 3 is 2.45 bits per heavy atom. The number of quaternary nitrogens is 1. The van der Waals surface area contributed by atoms with Crippen LogP contribution in [0.3, 0.4) is 0 Å². The van der Waals surface area contributed by atoms with Crippen molar-refractivity contribution in [2.75, 3.05) is 14.2 Å². The number of rotatable bonds is 7. The lowest BCUT2D eigenvalue weighted by Crippen LogP contribution is -2.54. The summed E-state index contributed by atoms with van der Waals surface area (Å²) >= 11 is 0. The Labute approximate surface area is 195 Å². The van der Waals surface area contributed by atoms with Crippen LogP contribution in [0.2, 0.25) is 0 Å². The Kier molecular flexibility index (Phi) is 6.58. The first-order chi connectivity index (χ1) is 15.9. The molecule has 2 heterocycles. The number of methoxy groups -OCH3 is 1. The maximum atomic E-state index is 14.2. The highest BCUT2D eigenvalue weighted by Crippen LogP contribution is 2.40. The number of hydrogen-bond donors (Lipinski definition) is 1. The Balaban J connectivity index is 1.87. The van der Waals surface area contributed by atoms with Gasteiger partial charge in [0, 0.05) is 28.6 Å². The third kappa shape index (κ3) is 4.41. The molecule has 6 nitrogen and oxygen atoms in total. The summed E-state index contributed by atoms with van der Waals surface area (Å²) in [6.07, 6.45) is 1.42.